The molecule has 0 amide bonds. The third kappa shape index (κ3) is 3.88. The van der Waals surface area contributed by atoms with Crippen molar-refractivity contribution >= 4 is 47.5 Å². The normalized spacial score (nSPS) is 12.3. The fraction of sp³-hybridized carbons (Fsp3) is 0.222. The highest BCUT2D eigenvalue weighted by Gasteiger charge is 2.10. The highest BCUT2D eigenvalue weighted by molar-refractivity contribution is 6.35. The maximum absolute atomic E-state index is 6.42. The van der Waals surface area contributed by atoms with Gasteiger partial charge < -0.3 is 0 Å². The molecule has 0 N–H and O–H groups in total. The summed E-state index contributed by atoms with van der Waals surface area (Å²) in [5, 5.41) is 3.13. The summed E-state index contributed by atoms with van der Waals surface area (Å²) < 4.78 is 0. The zero-order valence-corrected chi connectivity index (χ0v) is 14.1. The maximum Gasteiger partial charge on any atom is 0.0563 e. The van der Waals surface area contributed by atoms with Gasteiger partial charge in [-0.2, -0.15) is 0 Å². The summed E-state index contributed by atoms with van der Waals surface area (Å²) in [6.07, 6.45) is 11.2. The number of rotatable bonds is 3. The lowest BCUT2D eigenvalue weighted by molar-refractivity contribution is 1.46. The second-order valence-electron chi connectivity index (χ2n) is 3.67. The Bertz CT molecular complexity index is 620. The van der Waals surface area contributed by atoms with E-state index in [1.165, 1.54) is 0 Å². The molecule has 0 unspecified atom stereocenters. The van der Waals surface area contributed by atoms with Gasteiger partial charge in [0.2, 0.25) is 0 Å². The van der Waals surface area contributed by atoms with Crippen LogP contribution in [0, 0.1) is 0 Å². The second kappa shape index (κ2) is 9.63. The molecule has 1 aromatic rings. The van der Waals surface area contributed by atoms with Gasteiger partial charge in [0, 0.05) is 16.3 Å². The lowest BCUT2D eigenvalue weighted by atomic mass is 10.0. The lowest BCUT2D eigenvalue weighted by Gasteiger charge is -2.09. The van der Waals surface area contributed by atoms with Crippen LogP contribution in [0.2, 0.25) is 10.0 Å². The molecule has 0 spiro atoms. The number of halogens is 2. The molecule has 0 fully saturated rings. The lowest BCUT2D eigenvalue weighted by Crippen LogP contribution is -2.28. The van der Waals surface area contributed by atoms with Crippen molar-refractivity contribution in [3.63, 3.8) is 0 Å². The van der Waals surface area contributed by atoms with Gasteiger partial charge in [0.25, 0.3) is 0 Å². The first kappa shape index (κ1) is 18.8. The van der Waals surface area contributed by atoms with Gasteiger partial charge in [-0.15, -0.1) is 0 Å². The molecule has 0 aromatic heterocycles. The summed E-state index contributed by atoms with van der Waals surface area (Å²) in [7, 11) is 0. The molecule has 1 aromatic carbocycles. The second-order valence-corrected chi connectivity index (χ2v) is 4.43. The van der Waals surface area contributed by atoms with E-state index in [0.717, 1.165) is 21.6 Å². The molecule has 1 rings (SSSR count). The Balaban J connectivity index is 0.00000172. The topological polar surface area (TPSA) is 0 Å². The van der Waals surface area contributed by atoms with Gasteiger partial charge in [-0.1, -0.05) is 86.7 Å². The van der Waals surface area contributed by atoms with Crippen molar-refractivity contribution in [1.82, 2.24) is 0 Å². The van der Waals surface area contributed by atoms with Crippen LogP contribution in [0.4, 0.5) is 0 Å². The Labute approximate surface area is 132 Å². The highest BCUT2D eigenvalue weighted by atomic mass is 35.5. The summed E-state index contributed by atoms with van der Waals surface area (Å²) in [4.78, 5) is 0. The van der Waals surface area contributed by atoms with Gasteiger partial charge in [-0.05, 0) is 19.1 Å². The molecule has 0 aliphatic carbocycles. The maximum atomic E-state index is 6.42. The molecule has 0 aliphatic heterocycles. The molecule has 108 valence electrons. The number of allylic oxidation sites excluding steroid dienone is 2. The zero-order chi connectivity index (χ0) is 15.7. The monoisotopic (exact) mass is 308 g/mol. The van der Waals surface area contributed by atoms with Crippen LogP contribution >= 0.6 is 23.2 Å². The van der Waals surface area contributed by atoms with E-state index in [0.29, 0.717) is 10.0 Å². The minimum Gasteiger partial charge on any atom is -0.0984 e. The van der Waals surface area contributed by atoms with Crippen LogP contribution in [0.1, 0.15) is 38.8 Å². The van der Waals surface area contributed by atoms with E-state index in [1.54, 1.807) is 12.2 Å². The average Bonchev–Trinajstić information content (AvgIpc) is 2.49. The summed E-state index contributed by atoms with van der Waals surface area (Å²) in [5.41, 5.74) is 1.64. The third-order valence-electron chi connectivity index (χ3n) is 2.68. The van der Waals surface area contributed by atoms with Crippen molar-refractivity contribution in [3.05, 3.63) is 56.9 Å². The molecule has 2 heteroatoms. The fourth-order valence-electron chi connectivity index (χ4n) is 1.80. The van der Waals surface area contributed by atoms with Crippen molar-refractivity contribution in [2.24, 2.45) is 0 Å². The van der Waals surface area contributed by atoms with Crippen LogP contribution in [0.5, 0.6) is 0 Å². The number of benzene rings is 1. The highest BCUT2D eigenvalue weighted by Crippen LogP contribution is 2.23. The third-order valence-corrected chi connectivity index (χ3v) is 3.49. The van der Waals surface area contributed by atoms with Gasteiger partial charge in [-0.3, -0.25) is 0 Å². The molecule has 0 aliphatic rings. The Kier molecular flexibility index (Phi) is 9.03. The van der Waals surface area contributed by atoms with E-state index in [1.807, 2.05) is 52.0 Å². The van der Waals surface area contributed by atoms with E-state index in [4.69, 9.17) is 23.2 Å². The van der Waals surface area contributed by atoms with Gasteiger partial charge in [0.15, 0.2) is 0 Å². The molecule has 0 heterocycles. The van der Waals surface area contributed by atoms with Crippen molar-refractivity contribution in [1.29, 1.82) is 0 Å². The first-order chi connectivity index (χ1) is 9.62. The van der Waals surface area contributed by atoms with Gasteiger partial charge in [-0.25, -0.2) is 0 Å². The smallest absolute Gasteiger partial charge is 0.0563 e. The molecule has 0 radical (unpaired) electrons. The van der Waals surface area contributed by atoms with Crippen LogP contribution < -0.4 is 10.4 Å². The van der Waals surface area contributed by atoms with Crippen LogP contribution in [-0.2, 0) is 0 Å². The molecule has 0 nitrogen and oxygen atoms in total. The van der Waals surface area contributed by atoms with Crippen molar-refractivity contribution in [2.75, 3.05) is 0 Å². The van der Waals surface area contributed by atoms with Crippen molar-refractivity contribution < 1.29 is 0 Å². The summed E-state index contributed by atoms with van der Waals surface area (Å²) >= 11 is 12.8. The minimum absolute atomic E-state index is 0.649. The summed E-state index contributed by atoms with van der Waals surface area (Å²) in [6, 6.07) is 0. The van der Waals surface area contributed by atoms with E-state index >= 15 is 0 Å². The number of hydrogen-bond donors (Lipinski definition) is 0. The van der Waals surface area contributed by atoms with Gasteiger partial charge >= 0.3 is 0 Å². The summed E-state index contributed by atoms with van der Waals surface area (Å²) in [5.74, 6) is 0. The van der Waals surface area contributed by atoms with E-state index in [-0.39, 0.29) is 0 Å². The molecule has 20 heavy (non-hydrogen) atoms. The molecular formula is C18H22Cl2. The molecule has 0 bridgehead atoms. The fourth-order valence-corrected chi connectivity index (χ4v) is 2.53. The molecule has 0 saturated heterocycles. The molecule has 0 atom stereocenters. The van der Waals surface area contributed by atoms with E-state index in [9.17, 15) is 0 Å². The Morgan fingerprint density at radius 2 is 1.30 bits per heavy atom. The van der Waals surface area contributed by atoms with Crippen LogP contribution in [0.15, 0.2) is 25.3 Å². The Morgan fingerprint density at radius 1 is 0.850 bits per heavy atom. The van der Waals surface area contributed by atoms with E-state index in [2.05, 4.69) is 13.2 Å². The standard InChI is InChI=1S/C16H16Cl2.C2H6/c1-5-9-10-14-13(8-4)15(17)11(6-2)12(7-3)16(14)18;1-2/h5-10H,2-3H2,1,4H3;1-2H3/b9-5-,13-8-,14-10+;. The Morgan fingerprint density at radius 3 is 1.65 bits per heavy atom. The zero-order valence-electron chi connectivity index (χ0n) is 12.6. The van der Waals surface area contributed by atoms with Crippen LogP contribution in [0.25, 0.3) is 24.3 Å². The Hall–Kier alpha value is -1.24. The van der Waals surface area contributed by atoms with Crippen molar-refractivity contribution in [2.45, 2.75) is 27.7 Å². The largest absolute Gasteiger partial charge is 0.0984 e. The quantitative estimate of drug-likeness (QED) is 0.695. The minimum atomic E-state index is 0.649. The molecule has 0 saturated carbocycles. The SMILES string of the molecule is C=Cc1c(C=C)c(Cl)c(=C/C=C\C)/c(=C/C)c1Cl.CC. The molecular weight excluding hydrogens is 287 g/mol. The van der Waals surface area contributed by atoms with Gasteiger partial charge in [0.05, 0.1) is 10.0 Å². The predicted molar refractivity (Wildman–Crippen MR) is 96.7 cm³/mol. The number of hydrogen-bond acceptors (Lipinski definition) is 0. The average molecular weight is 309 g/mol. The predicted octanol–water partition coefficient (Wildman–Crippen LogP) is 5.46. The van der Waals surface area contributed by atoms with Crippen molar-refractivity contribution in [3.8, 4) is 0 Å². The van der Waals surface area contributed by atoms with Gasteiger partial charge in [0.1, 0.15) is 0 Å². The van der Waals surface area contributed by atoms with Crippen LogP contribution in [-0.4, -0.2) is 0 Å². The van der Waals surface area contributed by atoms with Crippen LogP contribution in [0.3, 0.4) is 0 Å². The first-order valence-corrected chi connectivity index (χ1v) is 7.43. The summed E-state index contributed by atoms with van der Waals surface area (Å²) in [6.45, 7) is 15.5. The van der Waals surface area contributed by atoms with E-state index < -0.39 is 0 Å². The first-order valence-electron chi connectivity index (χ1n) is 6.67.